The molecular weight excluding hydrogens is 470 g/mol. The van der Waals surface area contributed by atoms with Crippen LogP contribution in [0.25, 0.3) is 21.5 Å². The van der Waals surface area contributed by atoms with E-state index >= 15 is 0 Å². The molecule has 1 amide bonds. The van der Waals surface area contributed by atoms with Gasteiger partial charge in [0.15, 0.2) is 11.5 Å². The molecule has 0 radical (unpaired) electrons. The number of fused-ring (bicyclic) bond motifs is 4. The highest BCUT2D eigenvalue weighted by molar-refractivity contribution is 7.21. The fourth-order valence-electron chi connectivity index (χ4n) is 4.74. The van der Waals surface area contributed by atoms with Crippen LogP contribution in [0.15, 0.2) is 42.5 Å². The topological polar surface area (TPSA) is 86.5 Å². The lowest BCUT2D eigenvalue weighted by molar-refractivity contribution is 0.0955. The molecule has 6 nitrogen and oxygen atoms in total. The number of hydrogen-bond donors (Lipinski definition) is 2. The highest BCUT2D eigenvalue weighted by atomic mass is 35.5. The van der Waals surface area contributed by atoms with Crippen LogP contribution in [0.3, 0.4) is 0 Å². The van der Waals surface area contributed by atoms with Gasteiger partial charge in [0.25, 0.3) is 5.91 Å². The molecule has 3 N–H and O–H groups in total. The smallest absolute Gasteiger partial charge is 0.263 e. The summed E-state index contributed by atoms with van der Waals surface area (Å²) in [7, 11) is 0. The molecule has 0 atom stereocenters. The van der Waals surface area contributed by atoms with Crippen LogP contribution in [0.2, 0.25) is 5.02 Å². The fourth-order valence-corrected chi connectivity index (χ4v) is 5.91. The van der Waals surface area contributed by atoms with Crippen molar-refractivity contribution in [3.63, 3.8) is 0 Å². The van der Waals surface area contributed by atoms with Crippen LogP contribution in [0.1, 0.15) is 39.2 Å². The van der Waals surface area contributed by atoms with Crippen molar-refractivity contribution in [3.8, 4) is 22.8 Å². The normalized spacial score (nSPS) is 14.3. The maximum Gasteiger partial charge on any atom is 0.263 e. The van der Waals surface area contributed by atoms with Gasteiger partial charge in [-0.2, -0.15) is 0 Å². The minimum absolute atomic E-state index is 0.198. The number of anilines is 1. The number of benzene rings is 2. The van der Waals surface area contributed by atoms with E-state index in [9.17, 15) is 4.79 Å². The van der Waals surface area contributed by atoms with Gasteiger partial charge in [-0.25, -0.2) is 4.98 Å². The van der Waals surface area contributed by atoms with E-state index in [1.807, 2.05) is 42.5 Å². The Morgan fingerprint density at radius 3 is 2.65 bits per heavy atom. The molecule has 0 bridgehead atoms. The molecule has 34 heavy (non-hydrogen) atoms. The number of pyridine rings is 1. The highest BCUT2D eigenvalue weighted by Gasteiger charge is 2.25. The Morgan fingerprint density at radius 2 is 1.82 bits per heavy atom. The van der Waals surface area contributed by atoms with Gasteiger partial charge in [-0.15, -0.1) is 11.3 Å². The van der Waals surface area contributed by atoms with Gasteiger partial charge in [-0.05, 0) is 66.6 Å². The molecule has 172 valence electrons. The van der Waals surface area contributed by atoms with Gasteiger partial charge in [0.05, 0.1) is 11.4 Å². The number of nitrogens with one attached hydrogen (secondary N) is 1. The van der Waals surface area contributed by atoms with Gasteiger partial charge < -0.3 is 20.5 Å². The van der Waals surface area contributed by atoms with E-state index in [4.69, 9.17) is 31.8 Å². The predicted octanol–water partition coefficient (Wildman–Crippen LogP) is 5.74. The average molecular weight is 492 g/mol. The number of halogens is 1. The van der Waals surface area contributed by atoms with Crippen molar-refractivity contribution in [1.82, 2.24) is 10.3 Å². The maximum atomic E-state index is 13.1. The predicted molar refractivity (Wildman–Crippen MR) is 135 cm³/mol. The largest absolute Gasteiger partial charge is 0.454 e. The first-order valence-corrected chi connectivity index (χ1v) is 12.4. The molecule has 8 heteroatoms. The monoisotopic (exact) mass is 491 g/mol. The molecule has 0 saturated heterocycles. The van der Waals surface area contributed by atoms with E-state index in [0.717, 1.165) is 58.5 Å². The average Bonchev–Trinajstić information content (AvgIpc) is 3.46. The SMILES string of the molecule is Nc1c(C(=O)NCc2ccc3c(c2)OCO3)sc2nc(-c3ccc(Cl)cc3)c3c(c12)CCCC3. The summed E-state index contributed by atoms with van der Waals surface area (Å²) in [6, 6.07) is 13.4. The third kappa shape index (κ3) is 3.65. The van der Waals surface area contributed by atoms with Gasteiger partial charge in [-0.3, -0.25) is 4.79 Å². The van der Waals surface area contributed by atoms with Crippen LogP contribution in [0, 0.1) is 0 Å². The molecule has 2 aromatic heterocycles. The molecule has 0 saturated carbocycles. The molecule has 2 aliphatic rings. The van der Waals surface area contributed by atoms with Crippen LogP contribution in [0.4, 0.5) is 5.69 Å². The second kappa shape index (κ2) is 8.49. The standard InChI is InChI=1S/C26H22ClN3O3S/c27-16-8-6-15(7-9-16)23-18-4-2-1-3-17(18)21-22(28)24(34-26(21)30-23)25(31)29-12-14-5-10-19-20(11-14)33-13-32-19/h5-11H,1-4,12-13,28H2,(H,29,31). The zero-order valence-corrected chi connectivity index (χ0v) is 19.9. The third-order valence-electron chi connectivity index (χ3n) is 6.41. The Morgan fingerprint density at radius 1 is 1.06 bits per heavy atom. The van der Waals surface area contributed by atoms with E-state index in [2.05, 4.69) is 5.32 Å². The van der Waals surface area contributed by atoms with Gasteiger partial charge in [0, 0.05) is 22.5 Å². The summed E-state index contributed by atoms with van der Waals surface area (Å²) < 4.78 is 10.8. The van der Waals surface area contributed by atoms with Crippen molar-refractivity contribution < 1.29 is 14.3 Å². The summed E-state index contributed by atoms with van der Waals surface area (Å²) in [6.45, 7) is 0.587. The molecule has 2 aromatic carbocycles. The summed E-state index contributed by atoms with van der Waals surface area (Å²) in [5.74, 6) is 1.21. The maximum absolute atomic E-state index is 13.1. The Hall–Kier alpha value is -3.29. The summed E-state index contributed by atoms with van der Waals surface area (Å²) in [5.41, 5.74) is 12.5. The first kappa shape index (κ1) is 21.3. The lowest BCUT2D eigenvalue weighted by Crippen LogP contribution is -2.22. The molecule has 0 spiro atoms. The van der Waals surface area contributed by atoms with E-state index < -0.39 is 0 Å². The number of aromatic nitrogens is 1. The lowest BCUT2D eigenvalue weighted by Gasteiger charge is -2.20. The quantitative estimate of drug-likeness (QED) is 0.380. The summed E-state index contributed by atoms with van der Waals surface area (Å²) >= 11 is 7.46. The molecule has 6 rings (SSSR count). The fraction of sp³-hybridized carbons (Fsp3) is 0.231. The number of carbonyl (C=O) groups is 1. The van der Waals surface area contributed by atoms with E-state index in [0.29, 0.717) is 27.9 Å². The summed E-state index contributed by atoms with van der Waals surface area (Å²) in [4.78, 5) is 19.4. The molecule has 1 aliphatic carbocycles. The van der Waals surface area contributed by atoms with E-state index in [-0.39, 0.29) is 12.7 Å². The van der Waals surface area contributed by atoms with Gasteiger partial charge in [-0.1, -0.05) is 29.8 Å². The van der Waals surface area contributed by atoms with Crippen molar-refractivity contribution in [1.29, 1.82) is 0 Å². The molecule has 1 aliphatic heterocycles. The molecule has 4 aromatic rings. The number of amides is 1. The Bertz CT molecular complexity index is 1430. The zero-order chi connectivity index (χ0) is 23.2. The highest BCUT2D eigenvalue weighted by Crippen LogP contribution is 2.42. The number of rotatable bonds is 4. The third-order valence-corrected chi connectivity index (χ3v) is 7.76. The first-order valence-electron chi connectivity index (χ1n) is 11.2. The zero-order valence-electron chi connectivity index (χ0n) is 18.3. The molecule has 3 heterocycles. The number of thiophene rings is 1. The molecule has 0 unspecified atom stereocenters. The Balaban J connectivity index is 1.35. The number of nitrogen functional groups attached to an aromatic ring is 1. The van der Waals surface area contributed by atoms with Crippen molar-refractivity contribution in [3.05, 3.63) is 69.1 Å². The molecular formula is C26H22ClN3O3S. The van der Waals surface area contributed by atoms with E-state index in [1.165, 1.54) is 22.5 Å². The van der Waals surface area contributed by atoms with Crippen LogP contribution in [0.5, 0.6) is 11.5 Å². The number of nitrogens with two attached hydrogens (primary N) is 1. The number of carbonyl (C=O) groups excluding carboxylic acids is 1. The minimum atomic E-state index is -0.198. The Kier molecular flexibility index (Phi) is 5.31. The molecule has 0 fully saturated rings. The van der Waals surface area contributed by atoms with Gasteiger partial charge >= 0.3 is 0 Å². The second-order valence-electron chi connectivity index (χ2n) is 8.53. The number of ether oxygens (including phenoxy) is 2. The van der Waals surface area contributed by atoms with Crippen molar-refractivity contribution >= 4 is 44.7 Å². The van der Waals surface area contributed by atoms with Crippen molar-refractivity contribution in [2.75, 3.05) is 12.5 Å². The minimum Gasteiger partial charge on any atom is -0.454 e. The van der Waals surface area contributed by atoms with Crippen molar-refractivity contribution in [2.45, 2.75) is 32.2 Å². The summed E-state index contributed by atoms with van der Waals surface area (Å²) in [5, 5.41) is 4.62. The lowest BCUT2D eigenvalue weighted by atomic mass is 9.87. The summed E-state index contributed by atoms with van der Waals surface area (Å²) in [6.07, 6.45) is 4.12. The Labute approximate surface area is 205 Å². The van der Waals surface area contributed by atoms with Crippen LogP contribution < -0.4 is 20.5 Å². The second-order valence-corrected chi connectivity index (χ2v) is 9.96. The van der Waals surface area contributed by atoms with Crippen molar-refractivity contribution in [2.24, 2.45) is 0 Å². The number of aryl methyl sites for hydroxylation is 1. The van der Waals surface area contributed by atoms with Gasteiger partial charge in [0.2, 0.25) is 6.79 Å². The van der Waals surface area contributed by atoms with Crippen LogP contribution in [-0.4, -0.2) is 17.7 Å². The van der Waals surface area contributed by atoms with Gasteiger partial charge in [0.1, 0.15) is 9.71 Å². The van der Waals surface area contributed by atoms with Crippen LogP contribution >= 0.6 is 22.9 Å². The van der Waals surface area contributed by atoms with E-state index in [1.54, 1.807) is 0 Å². The number of nitrogens with zero attached hydrogens (tertiary/aromatic N) is 1. The number of hydrogen-bond acceptors (Lipinski definition) is 6. The van der Waals surface area contributed by atoms with Crippen LogP contribution in [-0.2, 0) is 19.4 Å². The first-order chi connectivity index (χ1) is 16.6.